The Kier molecular flexibility index (Phi) is 1.35. The standard InChI is InChI=1S/C7H6BrN3/c8-7-5-1-4(9)2-10-6(5)3-11-7/h1-3,11H,9H2. The van der Waals surface area contributed by atoms with Crippen LogP contribution in [0.2, 0.25) is 0 Å². The first-order chi connectivity index (χ1) is 5.27. The topological polar surface area (TPSA) is 54.7 Å². The number of nitrogens with one attached hydrogen (secondary N) is 1. The van der Waals surface area contributed by atoms with Gasteiger partial charge in [-0.3, -0.25) is 4.98 Å². The van der Waals surface area contributed by atoms with E-state index in [1.54, 1.807) is 6.20 Å². The summed E-state index contributed by atoms with van der Waals surface area (Å²) in [4.78, 5) is 7.12. The lowest BCUT2D eigenvalue weighted by molar-refractivity contribution is 1.36. The molecule has 0 unspecified atom stereocenters. The van der Waals surface area contributed by atoms with Crippen molar-refractivity contribution < 1.29 is 0 Å². The maximum Gasteiger partial charge on any atom is 0.0916 e. The molecule has 2 aromatic rings. The lowest BCUT2D eigenvalue weighted by Crippen LogP contribution is -1.84. The van der Waals surface area contributed by atoms with Crippen LogP contribution in [0.25, 0.3) is 10.9 Å². The number of aromatic nitrogens is 2. The Morgan fingerprint density at radius 2 is 2.36 bits per heavy atom. The van der Waals surface area contributed by atoms with Crippen molar-refractivity contribution in [1.29, 1.82) is 0 Å². The fourth-order valence-electron chi connectivity index (χ4n) is 0.992. The second kappa shape index (κ2) is 2.23. The number of pyridine rings is 1. The van der Waals surface area contributed by atoms with Gasteiger partial charge in [0.15, 0.2) is 0 Å². The van der Waals surface area contributed by atoms with Crippen molar-refractivity contribution in [2.75, 3.05) is 5.73 Å². The molecular weight excluding hydrogens is 206 g/mol. The molecule has 2 heterocycles. The normalized spacial score (nSPS) is 10.6. The summed E-state index contributed by atoms with van der Waals surface area (Å²) in [5, 5.41) is 1.02. The Morgan fingerprint density at radius 1 is 1.55 bits per heavy atom. The SMILES string of the molecule is Nc1cnc2c[nH]c(Br)c2c1. The molecule has 0 amide bonds. The maximum absolute atomic E-state index is 5.55. The minimum Gasteiger partial charge on any atom is -0.397 e. The van der Waals surface area contributed by atoms with E-state index in [0.29, 0.717) is 5.69 Å². The molecule has 0 aliphatic carbocycles. The van der Waals surface area contributed by atoms with Gasteiger partial charge in [-0.15, -0.1) is 0 Å². The number of halogens is 1. The van der Waals surface area contributed by atoms with E-state index in [1.807, 2.05) is 12.3 Å². The average Bonchev–Trinajstić information content (AvgIpc) is 2.33. The van der Waals surface area contributed by atoms with E-state index in [2.05, 4.69) is 25.9 Å². The van der Waals surface area contributed by atoms with Crippen LogP contribution in [-0.4, -0.2) is 9.97 Å². The monoisotopic (exact) mass is 211 g/mol. The number of nitrogen functional groups attached to an aromatic ring is 1. The van der Waals surface area contributed by atoms with Gasteiger partial charge in [-0.1, -0.05) is 0 Å². The molecule has 4 heteroatoms. The zero-order valence-corrected chi connectivity index (χ0v) is 7.22. The minimum absolute atomic E-state index is 0.679. The molecule has 0 aliphatic heterocycles. The fourth-order valence-corrected chi connectivity index (χ4v) is 1.42. The third kappa shape index (κ3) is 0.991. The summed E-state index contributed by atoms with van der Waals surface area (Å²) in [5.41, 5.74) is 7.16. The number of H-pyrrole nitrogens is 1. The van der Waals surface area contributed by atoms with Gasteiger partial charge in [-0.05, 0) is 22.0 Å². The Labute approximate surface area is 71.7 Å². The lowest BCUT2D eigenvalue weighted by atomic mass is 10.3. The molecule has 0 bridgehead atoms. The minimum atomic E-state index is 0.679. The Balaban J connectivity index is 2.87. The molecule has 0 radical (unpaired) electrons. The third-order valence-corrected chi connectivity index (χ3v) is 2.17. The first-order valence-corrected chi connectivity index (χ1v) is 3.95. The van der Waals surface area contributed by atoms with E-state index in [0.717, 1.165) is 15.5 Å². The van der Waals surface area contributed by atoms with Crippen molar-refractivity contribution in [2.24, 2.45) is 0 Å². The van der Waals surface area contributed by atoms with E-state index in [-0.39, 0.29) is 0 Å². The summed E-state index contributed by atoms with van der Waals surface area (Å²) in [5.74, 6) is 0. The lowest BCUT2D eigenvalue weighted by Gasteiger charge is -1.91. The number of aromatic amines is 1. The van der Waals surface area contributed by atoms with Gasteiger partial charge in [0, 0.05) is 11.6 Å². The van der Waals surface area contributed by atoms with Crippen LogP contribution >= 0.6 is 15.9 Å². The van der Waals surface area contributed by atoms with Crippen molar-refractivity contribution in [3.63, 3.8) is 0 Å². The van der Waals surface area contributed by atoms with Crippen molar-refractivity contribution in [2.45, 2.75) is 0 Å². The van der Waals surface area contributed by atoms with Gasteiger partial charge < -0.3 is 10.7 Å². The molecule has 0 aromatic carbocycles. The smallest absolute Gasteiger partial charge is 0.0916 e. The molecule has 0 aliphatic rings. The van der Waals surface area contributed by atoms with Gasteiger partial charge in [0.2, 0.25) is 0 Å². The number of fused-ring (bicyclic) bond motifs is 1. The summed E-state index contributed by atoms with van der Waals surface area (Å²) in [6.45, 7) is 0. The van der Waals surface area contributed by atoms with Gasteiger partial charge in [0.1, 0.15) is 0 Å². The molecule has 2 rings (SSSR count). The van der Waals surface area contributed by atoms with Crippen molar-refractivity contribution in [3.8, 4) is 0 Å². The zero-order valence-electron chi connectivity index (χ0n) is 5.63. The maximum atomic E-state index is 5.55. The summed E-state index contributed by atoms with van der Waals surface area (Å²) in [7, 11) is 0. The van der Waals surface area contributed by atoms with E-state index < -0.39 is 0 Å². The molecule has 3 N–H and O–H groups in total. The molecule has 0 fully saturated rings. The molecular formula is C7H6BrN3. The second-order valence-electron chi connectivity index (χ2n) is 2.30. The molecule has 0 saturated carbocycles. The highest BCUT2D eigenvalue weighted by molar-refractivity contribution is 9.10. The molecule has 0 atom stereocenters. The van der Waals surface area contributed by atoms with Crippen LogP contribution in [-0.2, 0) is 0 Å². The predicted molar refractivity (Wildman–Crippen MR) is 48.2 cm³/mol. The van der Waals surface area contributed by atoms with Crippen LogP contribution in [0, 0.1) is 0 Å². The van der Waals surface area contributed by atoms with Crippen LogP contribution in [0.4, 0.5) is 5.69 Å². The fraction of sp³-hybridized carbons (Fsp3) is 0. The van der Waals surface area contributed by atoms with E-state index in [4.69, 9.17) is 5.73 Å². The number of hydrogen-bond acceptors (Lipinski definition) is 2. The van der Waals surface area contributed by atoms with Gasteiger partial charge in [-0.25, -0.2) is 0 Å². The summed E-state index contributed by atoms with van der Waals surface area (Å²) in [6.07, 6.45) is 3.47. The van der Waals surface area contributed by atoms with Crippen LogP contribution < -0.4 is 5.73 Å². The second-order valence-corrected chi connectivity index (χ2v) is 3.10. The number of nitrogens with zero attached hydrogens (tertiary/aromatic N) is 1. The summed E-state index contributed by atoms with van der Waals surface area (Å²) < 4.78 is 0.923. The van der Waals surface area contributed by atoms with E-state index in [9.17, 15) is 0 Å². The zero-order chi connectivity index (χ0) is 7.84. The Bertz CT molecular complexity index is 393. The number of nitrogens with two attached hydrogens (primary N) is 1. The van der Waals surface area contributed by atoms with E-state index in [1.165, 1.54) is 0 Å². The third-order valence-electron chi connectivity index (χ3n) is 1.51. The summed E-state index contributed by atoms with van der Waals surface area (Å²) >= 11 is 3.35. The number of hydrogen-bond donors (Lipinski definition) is 2. The van der Waals surface area contributed by atoms with Gasteiger partial charge >= 0.3 is 0 Å². The van der Waals surface area contributed by atoms with Crippen molar-refractivity contribution in [3.05, 3.63) is 23.1 Å². The quantitative estimate of drug-likeness (QED) is 0.700. The first kappa shape index (κ1) is 6.67. The van der Waals surface area contributed by atoms with Crippen LogP contribution in [0.3, 0.4) is 0 Å². The van der Waals surface area contributed by atoms with Crippen LogP contribution in [0.1, 0.15) is 0 Å². The first-order valence-electron chi connectivity index (χ1n) is 3.15. The number of rotatable bonds is 0. The largest absolute Gasteiger partial charge is 0.397 e. The molecule has 11 heavy (non-hydrogen) atoms. The highest BCUT2D eigenvalue weighted by Crippen LogP contribution is 2.22. The van der Waals surface area contributed by atoms with Gasteiger partial charge in [0.25, 0.3) is 0 Å². The van der Waals surface area contributed by atoms with Crippen molar-refractivity contribution in [1.82, 2.24) is 9.97 Å². The molecule has 3 nitrogen and oxygen atoms in total. The molecule has 2 aromatic heterocycles. The van der Waals surface area contributed by atoms with E-state index >= 15 is 0 Å². The van der Waals surface area contributed by atoms with Crippen LogP contribution in [0.15, 0.2) is 23.1 Å². The van der Waals surface area contributed by atoms with Gasteiger partial charge in [0.05, 0.1) is 22.0 Å². The molecule has 0 saturated heterocycles. The highest BCUT2D eigenvalue weighted by Gasteiger charge is 2.00. The Hall–Kier alpha value is -1.03. The van der Waals surface area contributed by atoms with Gasteiger partial charge in [-0.2, -0.15) is 0 Å². The van der Waals surface area contributed by atoms with Crippen LogP contribution in [0.5, 0.6) is 0 Å². The van der Waals surface area contributed by atoms with Crippen molar-refractivity contribution >= 4 is 32.5 Å². The molecule has 56 valence electrons. The highest BCUT2D eigenvalue weighted by atomic mass is 79.9. The predicted octanol–water partition coefficient (Wildman–Crippen LogP) is 1.91. The molecule has 0 spiro atoms. The number of anilines is 1. The summed E-state index contributed by atoms with van der Waals surface area (Å²) in [6, 6.07) is 1.88. The average molecular weight is 212 g/mol. The Morgan fingerprint density at radius 3 is 3.18 bits per heavy atom.